The molecule has 2 heterocycles. The number of rotatable bonds is 7. The molecule has 0 radical (unpaired) electrons. The summed E-state index contributed by atoms with van der Waals surface area (Å²) in [6, 6.07) is 8.30. The molecule has 7 heteroatoms. The molecule has 1 fully saturated rings. The van der Waals surface area contributed by atoms with E-state index in [0.717, 1.165) is 50.1 Å². The third-order valence-corrected chi connectivity index (χ3v) is 5.42. The molecule has 2 aromatic rings. The Morgan fingerprint density at radius 3 is 2.88 bits per heavy atom. The fourth-order valence-corrected chi connectivity index (χ4v) is 3.91. The van der Waals surface area contributed by atoms with Crippen molar-refractivity contribution in [1.29, 1.82) is 0 Å². The van der Waals surface area contributed by atoms with Gasteiger partial charge in [0.05, 0.1) is 25.0 Å². The van der Waals surface area contributed by atoms with Gasteiger partial charge in [-0.15, -0.1) is 0 Å². The fraction of sp³-hybridized carbons (Fsp3) is 0.526. The van der Waals surface area contributed by atoms with Gasteiger partial charge in [-0.2, -0.15) is 8.75 Å². The van der Waals surface area contributed by atoms with Crippen molar-refractivity contribution in [3.05, 3.63) is 41.7 Å². The monoisotopic (exact) mass is 374 g/mol. The maximum absolute atomic E-state index is 12.3. The molecule has 0 N–H and O–H groups in total. The third-order valence-electron chi connectivity index (χ3n) is 4.94. The molecule has 1 saturated heterocycles. The van der Waals surface area contributed by atoms with E-state index in [4.69, 9.17) is 4.74 Å². The Bertz CT molecular complexity index is 690. The maximum atomic E-state index is 12.3. The van der Waals surface area contributed by atoms with Crippen molar-refractivity contribution < 1.29 is 9.53 Å². The Morgan fingerprint density at radius 2 is 2.19 bits per heavy atom. The summed E-state index contributed by atoms with van der Waals surface area (Å²) in [5, 5.41) is 0. The highest BCUT2D eigenvalue weighted by atomic mass is 32.1. The van der Waals surface area contributed by atoms with Crippen molar-refractivity contribution in [3.8, 4) is 5.75 Å². The van der Waals surface area contributed by atoms with Gasteiger partial charge in [0.25, 0.3) is 5.91 Å². The average Bonchev–Trinajstić information content (AvgIpc) is 3.21. The van der Waals surface area contributed by atoms with Gasteiger partial charge >= 0.3 is 0 Å². The standard InChI is InChI=1S/C19H26N4O2S/c1-22(19(24)18-12-20-26-21-18)13-16-4-3-10-23(14-16)11-9-15-5-7-17(25-2)8-6-15/h5-8,12,16H,3-4,9-11,13-14H2,1-2H3/t16-/m1/s1. The molecule has 1 amide bonds. The number of carbonyl (C=O) groups is 1. The van der Waals surface area contributed by atoms with Crippen molar-refractivity contribution in [2.45, 2.75) is 19.3 Å². The summed E-state index contributed by atoms with van der Waals surface area (Å²) in [5.74, 6) is 1.38. The van der Waals surface area contributed by atoms with Crippen LogP contribution < -0.4 is 4.74 Å². The van der Waals surface area contributed by atoms with E-state index in [9.17, 15) is 4.79 Å². The largest absolute Gasteiger partial charge is 0.497 e. The quantitative estimate of drug-likeness (QED) is 0.745. The van der Waals surface area contributed by atoms with Gasteiger partial charge in [0.1, 0.15) is 5.75 Å². The highest BCUT2D eigenvalue weighted by Crippen LogP contribution is 2.19. The maximum Gasteiger partial charge on any atom is 0.274 e. The van der Waals surface area contributed by atoms with Crippen molar-refractivity contribution in [3.63, 3.8) is 0 Å². The first-order valence-corrected chi connectivity index (χ1v) is 9.77. The third kappa shape index (κ3) is 5.02. The summed E-state index contributed by atoms with van der Waals surface area (Å²) in [6.45, 7) is 4.01. The number of ether oxygens (including phenoxy) is 1. The number of carbonyl (C=O) groups excluding carboxylic acids is 1. The normalized spacial score (nSPS) is 17.8. The molecule has 6 nitrogen and oxygen atoms in total. The Balaban J connectivity index is 1.46. The second kappa shape index (κ2) is 9.09. The van der Waals surface area contributed by atoms with Crippen LogP contribution in [-0.2, 0) is 6.42 Å². The van der Waals surface area contributed by atoms with Crippen LogP contribution in [0.3, 0.4) is 0 Å². The minimum atomic E-state index is -0.0332. The van der Waals surface area contributed by atoms with Crippen LogP contribution in [0.1, 0.15) is 28.9 Å². The van der Waals surface area contributed by atoms with Crippen molar-refractivity contribution in [2.75, 3.05) is 40.3 Å². The Hall–Kier alpha value is -1.99. The zero-order chi connectivity index (χ0) is 18.4. The number of hydrogen-bond donors (Lipinski definition) is 0. The molecule has 3 rings (SSSR count). The Kier molecular flexibility index (Phi) is 6.57. The zero-order valence-corrected chi connectivity index (χ0v) is 16.2. The van der Waals surface area contributed by atoms with Gasteiger partial charge in [0.15, 0.2) is 5.69 Å². The molecule has 0 aliphatic carbocycles. The van der Waals surface area contributed by atoms with Crippen LogP contribution in [0.5, 0.6) is 5.75 Å². The van der Waals surface area contributed by atoms with Crippen LogP contribution in [0.4, 0.5) is 0 Å². The molecule has 0 spiro atoms. The molecule has 26 heavy (non-hydrogen) atoms. The molecular weight excluding hydrogens is 348 g/mol. The van der Waals surface area contributed by atoms with Gasteiger partial charge in [-0.3, -0.25) is 4.79 Å². The first-order chi connectivity index (χ1) is 12.7. The summed E-state index contributed by atoms with van der Waals surface area (Å²) in [5.41, 5.74) is 1.78. The molecule has 140 valence electrons. The highest BCUT2D eigenvalue weighted by molar-refractivity contribution is 6.99. The van der Waals surface area contributed by atoms with Crippen molar-refractivity contribution in [2.24, 2.45) is 5.92 Å². The van der Waals surface area contributed by atoms with E-state index >= 15 is 0 Å². The lowest BCUT2D eigenvalue weighted by molar-refractivity contribution is 0.0726. The second-order valence-electron chi connectivity index (χ2n) is 6.89. The first-order valence-electron chi connectivity index (χ1n) is 9.04. The Morgan fingerprint density at radius 1 is 1.38 bits per heavy atom. The van der Waals surface area contributed by atoms with E-state index in [2.05, 4.69) is 25.8 Å². The SMILES string of the molecule is COc1ccc(CCN2CCC[C@H](CN(C)C(=O)c3cnsn3)C2)cc1. The van der Waals surface area contributed by atoms with Gasteiger partial charge in [-0.25, -0.2) is 0 Å². The minimum Gasteiger partial charge on any atom is -0.497 e. The van der Waals surface area contributed by atoms with E-state index in [0.29, 0.717) is 11.6 Å². The van der Waals surface area contributed by atoms with Crippen LogP contribution in [-0.4, -0.2) is 64.8 Å². The predicted molar refractivity (Wildman–Crippen MR) is 103 cm³/mol. The van der Waals surface area contributed by atoms with Crippen LogP contribution in [0.15, 0.2) is 30.5 Å². The molecular formula is C19H26N4O2S. The topological polar surface area (TPSA) is 58.6 Å². The van der Waals surface area contributed by atoms with Gasteiger partial charge in [0.2, 0.25) is 0 Å². The molecule has 0 unspecified atom stereocenters. The molecule has 1 aliphatic rings. The van der Waals surface area contributed by atoms with E-state index in [1.165, 1.54) is 18.4 Å². The van der Waals surface area contributed by atoms with Crippen LogP contribution >= 0.6 is 11.7 Å². The number of benzene rings is 1. The lowest BCUT2D eigenvalue weighted by Crippen LogP contribution is -2.42. The van der Waals surface area contributed by atoms with Crippen molar-refractivity contribution >= 4 is 17.6 Å². The lowest BCUT2D eigenvalue weighted by atomic mass is 9.97. The smallest absolute Gasteiger partial charge is 0.274 e. The van der Waals surface area contributed by atoms with Crippen LogP contribution in [0.25, 0.3) is 0 Å². The fourth-order valence-electron chi connectivity index (χ4n) is 3.51. The number of nitrogens with zero attached hydrogens (tertiary/aromatic N) is 4. The number of methoxy groups -OCH3 is 1. The van der Waals surface area contributed by atoms with Crippen LogP contribution in [0, 0.1) is 5.92 Å². The molecule has 1 aromatic carbocycles. The van der Waals surface area contributed by atoms with Gasteiger partial charge in [0, 0.05) is 26.7 Å². The molecule has 1 atom stereocenters. The summed E-state index contributed by atoms with van der Waals surface area (Å²) < 4.78 is 13.2. The summed E-state index contributed by atoms with van der Waals surface area (Å²) >= 11 is 1.07. The van der Waals surface area contributed by atoms with E-state index in [-0.39, 0.29) is 5.91 Å². The summed E-state index contributed by atoms with van der Waals surface area (Å²) in [6.07, 6.45) is 4.95. The number of likely N-dealkylation sites (tertiary alicyclic amines) is 1. The highest BCUT2D eigenvalue weighted by Gasteiger charge is 2.23. The Labute approximate surface area is 159 Å². The summed E-state index contributed by atoms with van der Waals surface area (Å²) in [4.78, 5) is 16.6. The van der Waals surface area contributed by atoms with E-state index < -0.39 is 0 Å². The van der Waals surface area contributed by atoms with Gasteiger partial charge in [-0.05, 0) is 49.4 Å². The number of piperidine rings is 1. The molecule has 0 bridgehead atoms. The number of hydrogen-bond acceptors (Lipinski definition) is 6. The predicted octanol–water partition coefficient (Wildman–Crippen LogP) is 2.57. The molecule has 1 aliphatic heterocycles. The average molecular weight is 375 g/mol. The number of amides is 1. The number of aromatic nitrogens is 2. The lowest BCUT2D eigenvalue weighted by Gasteiger charge is -2.34. The van der Waals surface area contributed by atoms with E-state index in [1.807, 2.05) is 19.2 Å². The second-order valence-corrected chi connectivity index (χ2v) is 7.44. The van der Waals surface area contributed by atoms with Crippen molar-refractivity contribution in [1.82, 2.24) is 18.5 Å². The molecule has 0 saturated carbocycles. The zero-order valence-electron chi connectivity index (χ0n) is 15.4. The van der Waals surface area contributed by atoms with Gasteiger partial charge < -0.3 is 14.5 Å². The first kappa shape index (κ1) is 18.8. The summed E-state index contributed by atoms with van der Waals surface area (Å²) in [7, 11) is 3.55. The molecule has 1 aromatic heterocycles. The van der Waals surface area contributed by atoms with Gasteiger partial charge in [-0.1, -0.05) is 12.1 Å². The van der Waals surface area contributed by atoms with E-state index in [1.54, 1.807) is 18.2 Å². The van der Waals surface area contributed by atoms with Crippen LogP contribution in [0.2, 0.25) is 0 Å². The minimum absolute atomic E-state index is 0.0332.